The molecule has 25 heavy (non-hydrogen) atoms. The van der Waals surface area contributed by atoms with E-state index in [1.807, 2.05) is 42.6 Å². The van der Waals surface area contributed by atoms with Crippen molar-refractivity contribution < 1.29 is 4.74 Å². The second-order valence-corrected chi connectivity index (χ2v) is 6.29. The van der Waals surface area contributed by atoms with E-state index in [1.54, 1.807) is 0 Å². The van der Waals surface area contributed by atoms with Crippen molar-refractivity contribution in [3.8, 4) is 5.75 Å². The van der Waals surface area contributed by atoms with Gasteiger partial charge in [-0.3, -0.25) is 4.99 Å². The molecule has 2 nitrogen and oxygen atoms in total. The normalized spacial score (nSPS) is 11.0. The van der Waals surface area contributed by atoms with Crippen LogP contribution in [0.3, 0.4) is 0 Å². The lowest BCUT2D eigenvalue weighted by atomic mass is 10.1. The molecule has 3 aromatic rings. The Morgan fingerprint density at radius 2 is 1.60 bits per heavy atom. The number of ether oxygens (including phenoxy) is 1. The molecule has 0 radical (unpaired) electrons. The van der Waals surface area contributed by atoms with Crippen molar-refractivity contribution in [1.82, 2.24) is 0 Å². The summed E-state index contributed by atoms with van der Waals surface area (Å²) in [4.78, 5) is 4.66. The first kappa shape index (κ1) is 17.0. The Balaban J connectivity index is 1.77. The Kier molecular flexibility index (Phi) is 5.30. The van der Waals surface area contributed by atoms with E-state index >= 15 is 0 Å². The molecule has 0 aromatic heterocycles. The summed E-state index contributed by atoms with van der Waals surface area (Å²) in [5, 5.41) is 0. The van der Waals surface area contributed by atoms with Crippen LogP contribution < -0.4 is 4.74 Å². The molecule has 2 heteroatoms. The molecule has 3 rings (SSSR count). The average molecular weight is 329 g/mol. The van der Waals surface area contributed by atoms with Gasteiger partial charge in [0.05, 0.1) is 5.69 Å². The van der Waals surface area contributed by atoms with E-state index in [0.29, 0.717) is 6.61 Å². The fourth-order valence-electron chi connectivity index (χ4n) is 2.58. The number of aryl methyl sites for hydroxylation is 2. The van der Waals surface area contributed by atoms with Crippen molar-refractivity contribution >= 4 is 11.9 Å². The minimum atomic E-state index is 0.550. The van der Waals surface area contributed by atoms with Crippen LogP contribution in [-0.2, 0) is 6.61 Å². The van der Waals surface area contributed by atoms with Crippen molar-refractivity contribution in [3.05, 3.63) is 94.5 Å². The smallest absolute Gasteiger partial charge is 0.128 e. The third-order valence-electron chi connectivity index (χ3n) is 4.35. The third kappa shape index (κ3) is 4.36. The van der Waals surface area contributed by atoms with Gasteiger partial charge in [0.15, 0.2) is 0 Å². The maximum absolute atomic E-state index is 6.01. The molecular weight excluding hydrogens is 306 g/mol. The maximum Gasteiger partial charge on any atom is 0.128 e. The van der Waals surface area contributed by atoms with Crippen LogP contribution in [0.4, 0.5) is 5.69 Å². The number of hydrogen-bond acceptors (Lipinski definition) is 2. The zero-order valence-corrected chi connectivity index (χ0v) is 15.0. The molecule has 126 valence electrons. The molecule has 3 aromatic carbocycles. The summed E-state index contributed by atoms with van der Waals surface area (Å²) in [6.07, 6.45) is 1.88. The van der Waals surface area contributed by atoms with Crippen LogP contribution in [0.15, 0.2) is 71.7 Å². The minimum Gasteiger partial charge on any atom is -0.488 e. The Morgan fingerprint density at radius 1 is 0.840 bits per heavy atom. The number of rotatable bonds is 5. The zero-order chi connectivity index (χ0) is 17.6. The van der Waals surface area contributed by atoms with Gasteiger partial charge in [0.1, 0.15) is 12.4 Å². The zero-order valence-electron chi connectivity index (χ0n) is 15.0. The molecule has 0 saturated heterocycles. The van der Waals surface area contributed by atoms with Gasteiger partial charge in [0.2, 0.25) is 0 Å². The molecule has 0 aliphatic heterocycles. The summed E-state index contributed by atoms with van der Waals surface area (Å²) in [6.45, 7) is 6.84. The van der Waals surface area contributed by atoms with Crippen LogP contribution in [0.2, 0.25) is 0 Å². The van der Waals surface area contributed by atoms with Crippen LogP contribution >= 0.6 is 0 Å². The highest BCUT2D eigenvalue weighted by Gasteiger charge is 2.03. The summed E-state index contributed by atoms with van der Waals surface area (Å²) in [5.74, 6) is 0.845. The first-order valence-electron chi connectivity index (χ1n) is 8.51. The molecular formula is C23H23NO. The van der Waals surface area contributed by atoms with Gasteiger partial charge in [0, 0.05) is 11.8 Å². The molecule has 0 fully saturated rings. The Morgan fingerprint density at radius 3 is 2.40 bits per heavy atom. The van der Waals surface area contributed by atoms with Crippen molar-refractivity contribution in [2.24, 2.45) is 4.99 Å². The van der Waals surface area contributed by atoms with Gasteiger partial charge < -0.3 is 4.74 Å². The predicted octanol–water partition coefficient (Wildman–Crippen LogP) is 5.94. The largest absolute Gasteiger partial charge is 0.488 e. The topological polar surface area (TPSA) is 21.6 Å². The Hall–Kier alpha value is -2.87. The molecule has 0 atom stereocenters. The fraction of sp³-hybridized carbons (Fsp3) is 0.174. The number of hydrogen-bond donors (Lipinski definition) is 0. The lowest BCUT2D eigenvalue weighted by Crippen LogP contribution is -1.98. The monoisotopic (exact) mass is 329 g/mol. The van der Waals surface area contributed by atoms with Crippen LogP contribution in [0, 0.1) is 20.8 Å². The summed E-state index contributed by atoms with van der Waals surface area (Å²) in [6, 6.07) is 22.6. The Labute approximate surface area is 149 Å². The van der Waals surface area contributed by atoms with Crippen LogP contribution in [0.25, 0.3) is 0 Å². The number of para-hydroxylation sites is 1. The molecule has 0 saturated carbocycles. The van der Waals surface area contributed by atoms with Gasteiger partial charge in [-0.25, -0.2) is 0 Å². The number of nitrogens with zero attached hydrogens (tertiary/aromatic N) is 1. The average Bonchev–Trinajstić information content (AvgIpc) is 2.63. The molecule has 0 N–H and O–H groups in total. The second-order valence-electron chi connectivity index (χ2n) is 6.29. The summed E-state index contributed by atoms with van der Waals surface area (Å²) >= 11 is 0. The van der Waals surface area contributed by atoms with Crippen LogP contribution in [0.5, 0.6) is 5.75 Å². The highest BCUT2D eigenvalue weighted by molar-refractivity contribution is 5.85. The van der Waals surface area contributed by atoms with E-state index in [0.717, 1.165) is 22.6 Å². The first-order valence-corrected chi connectivity index (χ1v) is 8.51. The molecule has 0 unspecified atom stereocenters. The van der Waals surface area contributed by atoms with Crippen molar-refractivity contribution in [1.29, 1.82) is 0 Å². The van der Waals surface area contributed by atoms with Gasteiger partial charge >= 0.3 is 0 Å². The van der Waals surface area contributed by atoms with Gasteiger partial charge in [0.25, 0.3) is 0 Å². The van der Waals surface area contributed by atoms with E-state index in [4.69, 9.17) is 4.74 Å². The molecule has 0 aliphatic rings. The highest BCUT2D eigenvalue weighted by Crippen LogP contribution is 2.23. The predicted molar refractivity (Wildman–Crippen MR) is 105 cm³/mol. The second kappa shape index (κ2) is 7.80. The minimum absolute atomic E-state index is 0.550. The molecule has 0 spiro atoms. The van der Waals surface area contributed by atoms with E-state index < -0.39 is 0 Å². The lowest BCUT2D eigenvalue weighted by Gasteiger charge is -2.09. The quantitative estimate of drug-likeness (QED) is 0.531. The van der Waals surface area contributed by atoms with E-state index in [1.165, 1.54) is 16.7 Å². The highest BCUT2D eigenvalue weighted by atomic mass is 16.5. The lowest BCUT2D eigenvalue weighted by molar-refractivity contribution is 0.306. The van der Waals surface area contributed by atoms with Gasteiger partial charge in [-0.15, -0.1) is 0 Å². The third-order valence-corrected chi connectivity index (χ3v) is 4.35. The summed E-state index contributed by atoms with van der Waals surface area (Å²) in [5.41, 5.74) is 6.84. The van der Waals surface area contributed by atoms with Crippen LogP contribution in [0.1, 0.15) is 27.8 Å². The molecule has 0 bridgehead atoms. The van der Waals surface area contributed by atoms with Gasteiger partial charge in [-0.05, 0) is 55.7 Å². The van der Waals surface area contributed by atoms with E-state index in [9.17, 15) is 0 Å². The molecule has 0 aliphatic carbocycles. The van der Waals surface area contributed by atoms with Gasteiger partial charge in [-0.1, -0.05) is 54.1 Å². The number of benzene rings is 3. The van der Waals surface area contributed by atoms with Crippen molar-refractivity contribution in [2.45, 2.75) is 27.4 Å². The fourth-order valence-corrected chi connectivity index (χ4v) is 2.58. The first-order chi connectivity index (χ1) is 12.1. The van der Waals surface area contributed by atoms with Crippen LogP contribution in [-0.4, -0.2) is 6.21 Å². The summed E-state index contributed by atoms with van der Waals surface area (Å²) in [7, 11) is 0. The number of aliphatic imine (C=N–C) groups is 1. The SMILES string of the molecule is Cc1ccc(COc2ccccc2C=Nc2cccc(C)c2C)cc1. The Bertz CT molecular complexity index is 879. The molecule has 0 amide bonds. The van der Waals surface area contributed by atoms with E-state index in [-0.39, 0.29) is 0 Å². The maximum atomic E-state index is 6.01. The standard InChI is InChI=1S/C23H23NO/c1-17-11-13-20(14-12-17)16-25-23-10-5-4-8-21(23)15-24-22-9-6-7-18(2)19(22)3/h4-15H,16H2,1-3H3. The molecule has 0 heterocycles. The summed E-state index contributed by atoms with van der Waals surface area (Å²) < 4.78 is 6.01. The van der Waals surface area contributed by atoms with Crippen molar-refractivity contribution in [3.63, 3.8) is 0 Å². The van der Waals surface area contributed by atoms with Crippen molar-refractivity contribution in [2.75, 3.05) is 0 Å². The van der Waals surface area contributed by atoms with E-state index in [2.05, 4.69) is 56.1 Å². The van der Waals surface area contributed by atoms with Gasteiger partial charge in [-0.2, -0.15) is 0 Å².